The number of anilines is 1. The molecule has 1 heterocycles. The highest BCUT2D eigenvalue weighted by Gasteiger charge is 2.87. The Morgan fingerprint density at radius 3 is 1.84 bits per heavy atom. The van der Waals surface area contributed by atoms with Gasteiger partial charge in [0.2, 0.25) is 17.6 Å². The van der Waals surface area contributed by atoms with E-state index < -0.39 is 56.1 Å². The van der Waals surface area contributed by atoms with Gasteiger partial charge in [-0.25, -0.2) is 9.69 Å². The van der Waals surface area contributed by atoms with Crippen molar-refractivity contribution < 1.29 is 23.9 Å². The molecule has 1 aliphatic heterocycles. The Bertz CT molecular complexity index is 1430. The van der Waals surface area contributed by atoms with Gasteiger partial charge in [-0.15, -0.1) is 23.2 Å². The number of imide groups is 1. The van der Waals surface area contributed by atoms with Crippen molar-refractivity contribution >= 4 is 122 Å². The summed E-state index contributed by atoms with van der Waals surface area (Å²) in [5, 5.41) is 0.0801. The second kappa shape index (κ2) is 9.42. The molecule has 3 aliphatic rings. The highest BCUT2D eigenvalue weighted by atomic mass is 35.5. The molecule has 0 radical (unpaired) electrons. The zero-order valence-corrected chi connectivity index (χ0v) is 24.5. The molecule has 1 saturated carbocycles. The van der Waals surface area contributed by atoms with E-state index in [4.69, 9.17) is 97.5 Å². The van der Waals surface area contributed by atoms with E-state index in [1.165, 1.54) is 42.5 Å². The van der Waals surface area contributed by atoms with Crippen LogP contribution in [-0.4, -0.2) is 44.3 Å². The first-order valence-corrected chi connectivity index (χ1v) is 13.7. The number of fused-ring (bicyclic) bond motifs is 5. The van der Waals surface area contributed by atoms with Crippen LogP contribution in [0.4, 0.5) is 5.69 Å². The molecular weight excluding hydrogens is 666 g/mol. The fourth-order valence-corrected chi connectivity index (χ4v) is 8.45. The number of carbonyl (C=O) groups excluding carboxylic acids is 4. The van der Waals surface area contributed by atoms with Gasteiger partial charge in [-0.2, -0.15) is 0 Å². The van der Waals surface area contributed by atoms with Crippen molar-refractivity contribution in [2.75, 3.05) is 11.5 Å². The summed E-state index contributed by atoms with van der Waals surface area (Å²) in [6.07, 6.45) is 0. The monoisotopic (exact) mass is 673 g/mol. The van der Waals surface area contributed by atoms with E-state index in [0.717, 1.165) is 4.90 Å². The molecule has 2 amide bonds. The Kier molecular flexibility index (Phi) is 7.02. The first-order valence-electron chi connectivity index (χ1n) is 10.6. The van der Waals surface area contributed by atoms with Gasteiger partial charge in [0.25, 0.3) is 0 Å². The number of benzene rings is 2. The van der Waals surface area contributed by atoms with Crippen LogP contribution in [-0.2, 0) is 14.3 Å². The summed E-state index contributed by atoms with van der Waals surface area (Å²) >= 11 is 50.8. The van der Waals surface area contributed by atoms with E-state index in [9.17, 15) is 19.2 Å². The maximum Gasteiger partial charge on any atom is 0.338 e. The Balaban J connectivity index is 1.34. The van der Waals surface area contributed by atoms with Crippen LogP contribution in [0.5, 0.6) is 0 Å². The predicted octanol–water partition coefficient (Wildman–Crippen LogP) is 6.98. The molecular formula is C24H11Cl8NO5. The number of ether oxygens (including phenoxy) is 1. The van der Waals surface area contributed by atoms with E-state index in [-0.39, 0.29) is 31.9 Å². The number of amides is 2. The maximum absolute atomic E-state index is 13.4. The zero-order chi connectivity index (χ0) is 27.9. The number of hydrogen-bond acceptors (Lipinski definition) is 5. The van der Waals surface area contributed by atoms with Crippen molar-refractivity contribution in [3.8, 4) is 0 Å². The van der Waals surface area contributed by atoms with Crippen LogP contribution in [0.2, 0.25) is 10.0 Å². The van der Waals surface area contributed by atoms with Gasteiger partial charge in [0, 0.05) is 10.6 Å². The van der Waals surface area contributed by atoms with Gasteiger partial charge in [-0.05, 0) is 42.5 Å². The third kappa shape index (κ3) is 3.61. The molecule has 0 aromatic heterocycles. The van der Waals surface area contributed by atoms with Crippen molar-refractivity contribution in [2.45, 2.75) is 14.1 Å². The molecule has 2 aromatic carbocycles. The summed E-state index contributed by atoms with van der Waals surface area (Å²) in [6.45, 7) is -0.572. The second-order valence-corrected chi connectivity index (χ2v) is 12.9. The van der Waals surface area contributed by atoms with Gasteiger partial charge in [0.15, 0.2) is 10.9 Å². The number of ketones is 1. The highest BCUT2D eigenvalue weighted by Crippen LogP contribution is 2.77. The minimum atomic E-state index is -2.04. The lowest BCUT2D eigenvalue weighted by molar-refractivity contribution is -0.123. The summed E-state index contributed by atoms with van der Waals surface area (Å²) < 4.78 is 3.04. The number of esters is 1. The molecule has 0 N–H and O–H groups in total. The fourth-order valence-electron chi connectivity index (χ4n) is 5.00. The number of carbonyl (C=O) groups is 4. The largest absolute Gasteiger partial charge is 0.454 e. The number of hydrogen-bond donors (Lipinski definition) is 0. The molecule has 6 nitrogen and oxygen atoms in total. The average Bonchev–Trinajstić information content (AvgIpc) is 3.25. The molecule has 2 aromatic rings. The number of rotatable bonds is 5. The molecule has 4 atom stereocenters. The van der Waals surface area contributed by atoms with E-state index in [0.29, 0.717) is 5.02 Å². The van der Waals surface area contributed by atoms with Crippen molar-refractivity contribution in [1.82, 2.24) is 0 Å². The molecule has 198 valence electrons. The number of halogens is 8. The topological polar surface area (TPSA) is 80.8 Å². The Hall–Kier alpha value is -1.22. The SMILES string of the molecule is O=C(OCC(=O)c1ccc(Cl)cc1Cl)c1ccc(N2C(=O)[C@H]3[C@H](C2=O)[C@@]2(Cl)C(Cl)=C(Cl)[C@@]3(Cl)C2(Cl)Cl)cc1. The van der Waals surface area contributed by atoms with Gasteiger partial charge in [0.1, 0.15) is 9.75 Å². The number of allylic oxidation sites excluding steroid dienone is 2. The zero-order valence-electron chi connectivity index (χ0n) is 18.4. The summed E-state index contributed by atoms with van der Waals surface area (Å²) in [4.78, 5) is 48.7. The molecule has 5 rings (SSSR count). The summed E-state index contributed by atoms with van der Waals surface area (Å²) in [5.74, 6) is -5.38. The van der Waals surface area contributed by atoms with Crippen LogP contribution in [0, 0.1) is 11.8 Å². The van der Waals surface area contributed by atoms with E-state index in [1.807, 2.05) is 0 Å². The van der Waals surface area contributed by atoms with Gasteiger partial charge in [-0.3, -0.25) is 14.4 Å². The lowest BCUT2D eigenvalue weighted by Gasteiger charge is -2.34. The fraction of sp³-hybridized carbons (Fsp3) is 0.250. The van der Waals surface area contributed by atoms with Crippen LogP contribution in [0.25, 0.3) is 0 Å². The quantitative estimate of drug-likeness (QED) is 0.148. The summed E-state index contributed by atoms with van der Waals surface area (Å²) in [7, 11) is 0. The molecule has 2 fully saturated rings. The number of nitrogens with zero attached hydrogens (tertiary/aromatic N) is 1. The van der Waals surface area contributed by atoms with Crippen LogP contribution in [0.1, 0.15) is 20.7 Å². The highest BCUT2D eigenvalue weighted by molar-refractivity contribution is 6.67. The Morgan fingerprint density at radius 1 is 0.816 bits per heavy atom. The van der Waals surface area contributed by atoms with Crippen molar-refractivity contribution in [1.29, 1.82) is 0 Å². The predicted molar refractivity (Wildman–Crippen MR) is 147 cm³/mol. The molecule has 2 aliphatic carbocycles. The van der Waals surface area contributed by atoms with Gasteiger partial charge in [0.05, 0.1) is 38.2 Å². The lowest BCUT2D eigenvalue weighted by atomic mass is 9.84. The Morgan fingerprint density at radius 2 is 1.34 bits per heavy atom. The minimum absolute atomic E-state index is 0.0547. The van der Waals surface area contributed by atoms with Crippen molar-refractivity contribution in [3.63, 3.8) is 0 Å². The molecule has 14 heteroatoms. The molecule has 1 saturated heterocycles. The van der Waals surface area contributed by atoms with Gasteiger partial charge < -0.3 is 4.74 Å². The molecule has 0 unspecified atom stereocenters. The lowest BCUT2D eigenvalue weighted by Crippen LogP contribution is -2.50. The van der Waals surface area contributed by atoms with Gasteiger partial charge >= 0.3 is 5.97 Å². The number of alkyl halides is 4. The van der Waals surface area contributed by atoms with E-state index >= 15 is 0 Å². The minimum Gasteiger partial charge on any atom is -0.454 e. The van der Waals surface area contributed by atoms with Crippen molar-refractivity contribution in [3.05, 3.63) is 73.7 Å². The second-order valence-electron chi connectivity index (χ2n) is 8.76. The Labute approximate surface area is 255 Å². The maximum atomic E-state index is 13.4. The first-order chi connectivity index (χ1) is 17.7. The summed E-state index contributed by atoms with van der Waals surface area (Å²) in [5.41, 5.74) is 0.322. The normalized spacial score (nSPS) is 29.2. The smallest absolute Gasteiger partial charge is 0.338 e. The van der Waals surface area contributed by atoms with Crippen LogP contribution >= 0.6 is 92.8 Å². The molecule has 38 heavy (non-hydrogen) atoms. The number of Topliss-reactive ketones (excluding diaryl/α,β-unsaturated/α-hetero) is 1. The van der Waals surface area contributed by atoms with Crippen LogP contribution in [0.3, 0.4) is 0 Å². The van der Waals surface area contributed by atoms with E-state index in [2.05, 4.69) is 0 Å². The molecule has 2 bridgehead atoms. The third-order valence-corrected chi connectivity index (χ3v) is 11.6. The first kappa shape index (κ1) is 28.3. The third-order valence-electron chi connectivity index (χ3n) is 6.84. The van der Waals surface area contributed by atoms with Gasteiger partial charge in [-0.1, -0.05) is 69.6 Å². The van der Waals surface area contributed by atoms with Crippen molar-refractivity contribution in [2.24, 2.45) is 11.8 Å². The molecule has 0 spiro atoms. The summed E-state index contributed by atoms with van der Waals surface area (Å²) in [6, 6.07) is 9.64. The average molecular weight is 677 g/mol. The van der Waals surface area contributed by atoms with Crippen LogP contribution in [0.15, 0.2) is 52.5 Å². The van der Waals surface area contributed by atoms with Crippen LogP contribution < -0.4 is 4.90 Å². The standard InChI is InChI=1S/C24H11Cl8NO5/c25-10-3-6-12(13(26)7-10)14(34)8-38-21(37)9-1-4-11(5-2-9)33-19(35)15-16(20(33)36)23(30)18(28)17(27)22(15,29)24(23,31)32/h1-7,15-16H,8H2/t15-,16-,22-,23-/m1/s1. The van der Waals surface area contributed by atoms with E-state index in [1.54, 1.807) is 0 Å².